The van der Waals surface area contributed by atoms with Crippen LogP contribution in [0.15, 0.2) is 54.7 Å². The molecule has 3 heterocycles. The summed E-state index contributed by atoms with van der Waals surface area (Å²) < 4.78 is 0. The lowest BCUT2D eigenvalue weighted by Gasteiger charge is -2.47. The summed E-state index contributed by atoms with van der Waals surface area (Å²) in [7, 11) is 0. The van der Waals surface area contributed by atoms with Crippen LogP contribution >= 0.6 is 0 Å². The van der Waals surface area contributed by atoms with Gasteiger partial charge in [0.2, 0.25) is 0 Å². The summed E-state index contributed by atoms with van der Waals surface area (Å²) in [5.41, 5.74) is 2.63. The third-order valence-corrected chi connectivity index (χ3v) is 7.00. The van der Waals surface area contributed by atoms with Gasteiger partial charge in [0.1, 0.15) is 0 Å². The highest BCUT2D eigenvalue weighted by atomic mass is 16.3. The fourth-order valence-corrected chi connectivity index (χ4v) is 5.19. The summed E-state index contributed by atoms with van der Waals surface area (Å²) in [5, 5.41) is 10.3. The van der Waals surface area contributed by atoms with Crippen LogP contribution in [-0.4, -0.2) is 58.7 Å². The number of hydrogen-bond acceptors (Lipinski definition) is 4. The molecule has 4 nitrogen and oxygen atoms in total. The van der Waals surface area contributed by atoms with E-state index in [4.69, 9.17) is 0 Å². The minimum atomic E-state index is 0.0686. The Kier molecular flexibility index (Phi) is 6.96. The van der Waals surface area contributed by atoms with Gasteiger partial charge in [-0.2, -0.15) is 0 Å². The second kappa shape index (κ2) is 9.84. The Morgan fingerprint density at radius 3 is 2.52 bits per heavy atom. The predicted molar refractivity (Wildman–Crippen MR) is 118 cm³/mol. The highest BCUT2D eigenvalue weighted by molar-refractivity contribution is 5.15. The van der Waals surface area contributed by atoms with Crippen molar-refractivity contribution in [2.75, 3.05) is 32.8 Å². The Morgan fingerprint density at radius 1 is 1.00 bits per heavy atom. The third-order valence-electron chi connectivity index (χ3n) is 7.00. The fourth-order valence-electron chi connectivity index (χ4n) is 5.19. The van der Waals surface area contributed by atoms with Gasteiger partial charge in [-0.25, -0.2) is 0 Å². The first-order chi connectivity index (χ1) is 14.3. The summed E-state index contributed by atoms with van der Waals surface area (Å²) in [6.07, 6.45) is 8.87. The van der Waals surface area contributed by atoms with Crippen LogP contribution in [0.5, 0.6) is 0 Å². The van der Waals surface area contributed by atoms with E-state index in [9.17, 15) is 5.11 Å². The molecule has 4 rings (SSSR count). The van der Waals surface area contributed by atoms with Gasteiger partial charge in [0.05, 0.1) is 5.69 Å². The van der Waals surface area contributed by atoms with Crippen LogP contribution in [0, 0.1) is 5.41 Å². The van der Waals surface area contributed by atoms with Crippen molar-refractivity contribution < 1.29 is 5.11 Å². The van der Waals surface area contributed by atoms with Crippen LogP contribution < -0.4 is 0 Å². The van der Waals surface area contributed by atoms with Crippen molar-refractivity contribution in [3.8, 4) is 0 Å². The van der Waals surface area contributed by atoms with Gasteiger partial charge in [-0.1, -0.05) is 36.4 Å². The molecule has 1 aromatic carbocycles. The van der Waals surface area contributed by atoms with Gasteiger partial charge >= 0.3 is 0 Å². The van der Waals surface area contributed by atoms with Crippen molar-refractivity contribution in [1.82, 2.24) is 14.8 Å². The number of hydrogen-bond donors (Lipinski definition) is 1. The molecular formula is C25H35N3O. The zero-order chi connectivity index (χ0) is 19.9. The van der Waals surface area contributed by atoms with Crippen molar-refractivity contribution in [2.45, 2.75) is 51.1 Å². The van der Waals surface area contributed by atoms with E-state index in [1.165, 1.54) is 37.1 Å². The van der Waals surface area contributed by atoms with Gasteiger partial charge in [-0.15, -0.1) is 0 Å². The normalized spacial score (nSPS) is 24.6. The molecule has 2 saturated heterocycles. The standard InChI is InChI=1S/C25H35N3O/c29-21-25(14-10-22-7-2-1-3-8-22)13-6-16-28(20-25)24-11-17-27(18-12-24)19-23-9-4-5-15-26-23/h1-5,7-9,15,24,29H,6,10-14,16-21H2. The molecule has 0 amide bonds. The van der Waals surface area contributed by atoms with E-state index in [1.54, 1.807) is 0 Å². The Bertz CT molecular complexity index is 730. The average molecular weight is 394 g/mol. The predicted octanol–water partition coefficient (Wildman–Crippen LogP) is 3.75. The summed E-state index contributed by atoms with van der Waals surface area (Å²) in [4.78, 5) is 9.71. The number of aliphatic hydroxyl groups excluding tert-OH is 1. The largest absolute Gasteiger partial charge is 0.396 e. The van der Waals surface area contributed by atoms with E-state index >= 15 is 0 Å². The second-order valence-corrected chi connectivity index (χ2v) is 9.05. The van der Waals surface area contributed by atoms with Crippen molar-refractivity contribution in [1.29, 1.82) is 0 Å². The maximum atomic E-state index is 10.3. The highest BCUT2D eigenvalue weighted by Gasteiger charge is 2.37. The lowest BCUT2D eigenvalue weighted by atomic mass is 9.75. The molecule has 2 aliphatic rings. The molecule has 29 heavy (non-hydrogen) atoms. The van der Waals surface area contributed by atoms with Crippen LogP contribution in [-0.2, 0) is 13.0 Å². The maximum absolute atomic E-state index is 10.3. The van der Waals surface area contributed by atoms with E-state index in [2.05, 4.69) is 57.2 Å². The molecule has 4 heteroatoms. The fraction of sp³-hybridized carbons (Fsp3) is 0.560. The zero-order valence-corrected chi connectivity index (χ0v) is 17.5. The van der Waals surface area contributed by atoms with E-state index in [0.717, 1.165) is 45.4 Å². The average Bonchev–Trinajstić information content (AvgIpc) is 2.80. The number of aryl methyl sites for hydroxylation is 1. The SMILES string of the molecule is OCC1(CCc2ccccc2)CCCN(C2CCN(Cc3ccccn3)CC2)C1. The van der Waals surface area contributed by atoms with Crippen molar-refractivity contribution in [3.05, 3.63) is 66.0 Å². The minimum absolute atomic E-state index is 0.0686. The molecule has 0 radical (unpaired) electrons. The van der Waals surface area contributed by atoms with Crippen molar-refractivity contribution in [2.24, 2.45) is 5.41 Å². The number of aromatic nitrogens is 1. The van der Waals surface area contributed by atoms with Gasteiger partial charge in [0.25, 0.3) is 0 Å². The Balaban J connectivity index is 1.30. The van der Waals surface area contributed by atoms with Gasteiger partial charge in [-0.3, -0.25) is 14.8 Å². The molecule has 1 aromatic heterocycles. The molecule has 0 aliphatic carbocycles. The quantitative estimate of drug-likeness (QED) is 0.778. The van der Waals surface area contributed by atoms with Gasteiger partial charge in [0, 0.05) is 50.4 Å². The summed E-state index contributed by atoms with van der Waals surface area (Å²) in [6.45, 7) is 5.82. The van der Waals surface area contributed by atoms with Gasteiger partial charge in [0.15, 0.2) is 0 Å². The number of piperidine rings is 2. The lowest BCUT2D eigenvalue weighted by Crippen LogP contribution is -2.52. The molecule has 2 fully saturated rings. The number of aliphatic hydroxyl groups is 1. The van der Waals surface area contributed by atoms with Gasteiger partial charge < -0.3 is 5.11 Å². The lowest BCUT2D eigenvalue weighted by molar-refractivity contribution is -0.00813. The number of rotatable bonds is 7. The minimum Gasteiger partial charge on any atom is -0.396 e. The molecule has 0 saturated carbocycles. The molecule has 2 aromatic rings. The van der Waals surface area contributed by atoms with Gasteiger partial charge in [-0.05, 0) is 62.8 Å². The number of nitrogens with zero attached hydrogens (tertiary/aromatic N) is 3. The second-order valence-electron chi connectivity index (χ2n) is 9.05. The molecule has 156 valence electrons. The molecule has 0 bridgehead atoms. The van der Waals surface area contributed by atoms with E-state index in [-0.39, 0.29) is 5.41 Å². The van der Waals surface area contributed by atoms with Crippen LogP contribution in [0.1, 0.15) is 43.4 Å². The highest BCUT2D eigenvalue weighted by Crippen LogP contribution is 2.36. The summed E-state index contributed by atoms with van der Waals surface area (Å²) in [5.74, 6) is 0. The molecule has 1 N–H and O–H groups in total. The Hall–Kier alpha value is -1.75. The Labute approximate surface area is 175 Å². The van der Waals surface area contributed by atoms with Crippen LogP contribution in [0.3, 0.4) is 0 Å². The van der Waals surface area contributed by atoms with Crippen molar-refractivity contribution in [3.63, 3.8) is 0 Å². The van der Waals surface area contributed by atoms with Crippen LogP contribution in [0.4, 0.5) is 0 Å². The summed E-state index contributed by atoms with van der Waals surface area (Å²) in [6, 6.07) is 17.6. The number of pyridine rings is 1. The van der Waals surface area contributed by atoms with E-state index in [0.29, 0.717) is 12.6 Å². The zero-order valence-electron chi connectivity index (χ0n) is 17.5. The maximum Gasteiger partial charge on any atom is 0.0543 e. The number of likely N-dealkylation sites (tertiary alicyclic amines) is 2. The van der Waals surface area contributed by atoms with Crippen molar-refractivity contribution >= 4 is 0 Å². The van der Waals surface area contributed by atoms with E-state index in [1.807, 2.05) is 12.3 Å². The first kappa shape index (κ1) is 20.5. The molecule has 1 atom stereocenters. The third kappa shape index (κ3) is 5.44. The first-order valence-corrected chi connectivity index (χ1v) is 11.3. The van der Waals surface area contributed by atoms with Crippen LogP contribution in [0.2, 0.25) is 0 Å². The molecular weight excluding hydrogens is 358 g/mol. The molecule has 0 spiro atoms. The topological polar surface area (TPSA) is 39.6 Å². The van der Waals surface area contributed by atoms with Crippen LogP contribution in [0.25, 0.3) is 0 Å². The monoisotopic (exact) mass is 393 g/mol. The summed E-state index contributed by atoms with van der Waals surface area (Å²) >= 11 is 0. The molecule has 1 unspecified atom stereocenters. The number of benzene rings is 1. The van der Waals surface area contributed by atoms with E-state index < -0.39 is 0 Å². The Morgan fingerprint density at radius 2 is 1.79 bits per heavy atom. The smallest absolute Gasteiger partial charge is 0.0543 e. The first-order valence-electron chi connectivity index (χ1n) is 11.3. The molecule has 2 aliphatic heterocycles.